The number of aromatic nitrogens is 1. The van der Waals surface area contributed by atoms with Crippen molar-refractivity contribution in [3.05, 3.63) is 66.5 Å². The molecular formula is C18H21NSi. The lowest BCUT2D eigenvalue weighted by Gasteiger charge is -2.16. The summed E-state index contributed by atoms with van der Waals surface area (Å²) in [6, 6.07) is 19.0. The van der Waals surface area contributed by atoms with E-state index in [1.54, 1.807) is 0 Å². The predicted molar refractivity (Wildman–Crippen MR) is 90.3 cm³/mol. The van der Waals surface area contributed by atoms with E-state index in [4.69, 9.17) is 0 Å². The summed E-state index contributed by atoms with van der Waals surface area (Å²) >= 11 is 0. The first-order valence-corrected chi connectivity index (χ1v) is 10.9. The first-order valence-electron chi connectivity index (χ1n) is 7.17. The van der Waals surface area contributed by atoms with Gasteiger partial charge in [0.15, 0.2) is 0 Å². The molecule has 3 rings (SSSR count). The number of hydrogen-bond acceptors (Lipinski definition) is 0. The molecule has 2 heteroatoms. The van der Waals surface area contributed by atoms with Crippen molar-refractivity contribution in [3.8, 4) is 5.69 Å². The average molecular weight is 279 g/mol. The van der Waals surface area contributed by atoms with E-state index in [-0.39, 0.29) is 0 Å². The molecule has 0 fully saturated rings. The second-order valence-electron chi connectivity index (χ2n) is 6.69. The highest BCUT2D eigenvalue weighted by atomic mass is 28.3. The van der Waals surface area contributed by atoms with Crippen LogP contribution in [0.3, 0.4) is 0 Å². The van der Waals surface area contributed by atoms with Gasteiger partial charge in [-0.05, 0) is 41.1 Å². The van der Waals surface area contributed by atoms with Crippen LogP contribution in [0, 0.1) is 0 Å². The minimum absolute atomic E-state index is 1.04. The molecule has 1 aromatic heterocycles. The largest absolute Gasteiger partial charge is 0.324 e. The molecule has 1 heterocycles. The van der Waals surface area contributed by atoms with Crippen molar-refractivity contribution in [2.75, 3.05) is 0 Å². The van der Waals surface area contributed by atoms with E-state index in [9.17, 15) is 0 Å². The predicted octanol–water partition coefficient (Wildman–Crippen LogP) is 5.05. The van der Waals surface area contributed by atoms with Crippen LogP contribution < -0.4 is 0 Å². The zero-order valence-electron chi connectivity index (χ0n) is 12.4. The highest BCUT2D eigenvalue weighted by molar-refractivity contribution is 6.75. The molecule has 0 radical (unpaired) electrons. The van der Waals surface area contributed by atoms with Crippen LogP contribution in [0.4, 0.5) is 0 Å². The standard InChI is InChI=1S/C18H21NSi/c1-20(2,3)14-15-6-7-17-13-18(9-8-16(17)12-15)19-10-4-5-11-19/h4-13H,14H2,1-3H3. The van der Waals surface area contributed by atoms with Gasteiger partial charge in [0.2, 0.25) is 0 Å². The van der Waals surface area contributed by atoms with Gasteiger partial charge in [-0.25, -0.2) is 0 Å². The van der Waals surface area contributed by atoms with Crippen LogP contribution >= 0.6 is 0 Å². The smallest absolute Gasteiger partial charge is 0.0487 e. The fourth-order valence-electron chi connectivity index (χ4n) is 2.67. The second-order valence-corrected chi connectivity index (χ2v) is 12.2. The van der Waals surface area contributed by atoms with Crippen molar-refractivity contribution in [2.45, 2.75) is 25.7 Å². The molecule has 0 saturated heterocycles. The molecule has 0 saturated carbocycles. The van der Waals surface area contributed by atoms with Crippen molar-refractivity contribution in [3.63, 3.8) is 0 Å². The van der Waals surface area contributed by atoms with E-state index >= 15 is 0 Å². The molecule has 0 bridgehead atoms. The zero-order chi connectivity index (χ0) is 14.2. The van der Waals surface area contributed by atoms with Gasteiger partial charge >= 0.3 is 0 Å². The topological polar surface area (TPSA) is 4.93 Å². The van der Waals surface area contributed by atoms with Gasteiger partial charge in [0, 0.05) is 26.2 Å². The van der Waals surface area contributed by atoms with Crippen molar-refractivity contribution in [2.24, 2.45) is 0 Å². The van der Waals surface area contributed by atoms with Gasteiger partial charge in [-0.2, -0.15) is 0 Å². The molecule has 102 valence electrons. The molecule has 0 aliphatic rings. The molecule has 0 atom stereocenters. The normalized spacial score (nSPS) is 11.9. The Morgan fingerprint density at radius 1 is 0.850 bits per heavy atom. The Kier molecular flexibility index (Phi) is 3.26. The first kappa shape index (κ1) is 13.2. The molecule has 0 unspecified atom stereocenters. The molecule has 2 aromatic carbocycles. The van der Waals surface area contributed by atoms with E-state index in [0.29, 0.717) is 0 Å². The summed E-state index contributed by atoms with van der Waals surface area (Å²) in [7, 11) is -1.04. The van der Waals surface area contributed by atoms with Crippen molar-refractivity contribution in [1.82, 2.24) is 4.57 Å². The van der Waals surface area contributed by atoms with Crippen molar-refractivity contribution >= 4 is 18.8 Å². The molecule has 20 heavy (non-hydrogen) atoms. The Morgan fingerprint density at radius 2 is 1.50 bits per heavy atom. The Hall–Kier alpha value is -1.80. The number of benzene rings is 2. The van der Waals surface area contributed by atoms with E-state index in [0.717, 1.165) is 0 Å². The maximum absolute atomic E-state index is 2.42. The van der Waals surface area contributed by atoms with Gasteiger partial charge in [0.1, 0.15) is 0 Å². The van der Waals surface area contributed by atoms with Crippen LogP contribution in [0.15, 0.2) is 60.9 Å². The van der Waals surface area contributed by atoms with E-state index in [2.05, 4.69) is 85.1 Å². The molecule has 0 spiro atoms. The summed E-state index contributed by atoms with van der Waals surface area (Å²) in [5.74, 6) is 0. The molecule has 0 aliphatic carbocycles. The third-order valence-corrected chi connectivity index (χ3v) is 4.99. The van der Waals surface area contributed by atoms with Crippen LogP contribution in [0.25, 0.3) is 16.5 Å². The fraction of sp³-hybridized carbons (Fsp3) is 0.222. The summed E-state index contributed by atoms with van der Waals surface area (Å²) in [6.07, 6.45) is 4.17. The van der Waals surface area contributed by atoms with Crippen LogP contribution in [0.2, 0.25) is 19.6 Å². The van der Waals surface area contributed by atoms with Crippen LogP contribution in [0.5, 0.6) is 0 Å². The minimum atomic E-state index is -1.04. The van der Waals surface area contributed by atoms with Gasteiger partial charge < -0.3 is 4.57 Å². The summed E-state index contributed by atoms with van der Waals surface area (Å²) in [4.78, 5) is 0. The highest BCUT2D eigenvalue weighted by Gasteiger charge is 2.13. The fourth-order valence-corrected chi connectivity index (χ4v) is 4.12. The lowest BCUT2D eigenvalue weighted by Crippen LogP contribution is -2.23. The molecule has 0 N–H and O–H groups in total. The average Bonchev–Trinajstić information content (AvgIpc) is 2.90. The Bertz CT molecular complexity index is 721. The zero-order valence-corrected chi connectivity index (χ0v) is 13.4. The Balaban J connectivity index is 1.99. The summed E-state index contributed by atoms with van der Waals surface area (Å²) in [6.45, 7) is 7.27. The van der Waals surface area contributed by atoms with Crippen LogP contribution in [-0.4, -0.2) is 12.6 Å². The number of fused-ring (bicyclic) bond motifs is 1. The van der Waals surface area contributed by atoms with Crippen molar-refractivity contribution < 1.29 is 0 Å². The highest BCUT2D eigenvalue weighted by Crippen LogP contribution is 2.22. The number of hydrogen-bond donors (Lipinski definition) is 0. The lowest BCUT2D eigenvalue weighted by atomic mass is 10.1. The van der Waals surface area contributed by atoms with Gasteiger partial charge in [-0.1, -0.05) is 49.5 Å². The summed E-state index contributed by atoms with van der Waals surface area (Å²) < 4.78 is 2.15. The van der Waals surface area contributed by atoms with Gasteiger partial charge in [0.05, 0.1) is 0 Å². The third kappa shape index (κ3) is 2.85. The lowest BCUT2D eigenvalue weighted by molar-refractivity contribution is 1.08. The number of rotatable bonds is 3. The second kappa shape index (κ2) is 4.95. The van der Waals surface area contributed by atoms with Gasteiger partial charge in [0.25, 0.3) is 0 Å². The monoisotopic (exact) mass is 279 g/mol. The molecule has 0 amide bonds. The summed E-state index contributed by atoms with van der Waals surface area (Å²) in [5, 5.41) is 2.66. The Morgan fingerprint density at radius 3 is 2.20 bits per heavy atom. The molecular weight excluding hydrogens is 258 g/mol. The quantitative estimate of drug-likeness (QED) is 0.591. The minimum Gasteiger partial charge on any atom is -0.324 e. The maximum Gasteiger partial charge on any atom is 0.0487 e. The third-order valence-electron chi connectivity index (χ3n) is 3.53. The van der Waals surface area contributed by atoms with Crippen LogP contribution in [-0.2, 0) is 6.04 Å². The Labute approximate surface area is 121 Å². The van der Waals surface area contributed by atoms with E-state index in [1.165, 1.54) is 28.1 Å². The van der Waals surface area contributed by atoms with Gasteiger partial charge in [-0.15, -0.1) is 0 Å². The molecule has 1 nitrogen and oxygen atoms in total. The molecule has 3 aromatic rings. The first-order chi connectivity index (χ1) is 9.51. The van der Waals surface area contributed by atoms with Gasteiger partial charge in [-0.3, -0.25) is 0 Å². The van der Waals surface area contributed by atoms with E-state index < -0.39 is 8.07 Å². The molecule has 0 aliphatic heterocycles. The maximum atomic E-state index is 2.42. The summed E-state index contributed by atoms with van der Waals surface area (Å²) in [5.41, 5.74) is 2.70. The van der Waals surface area contributed by atoms with E-state index in [1.807, 2.05) is 0 Å². The van der Waals surface area contributed by atoms with Crippen LogP contribution in [0.1, 0.15) is 5.56 Å². The number of nitrogens with zero attached hydrogens (tertiary/aromatic N) is 1. The SMILES string of the molecule is C[Si](C)(C)Cc1ccc2cc(-n3cccc3)ccc2c1. The van der Waals surface area contributed by atoms with Crippen molar-refractivity contribution in [1.29, 1.82) is 0 Å².